The summed E-state index contributed by atoms with van der Waals surface area (Å²) >= 11 is 11.7. The van der Waals surface area contributed by atoms with Gasteiger partial charge in [-0.1, -0.05) is 41.4 Å². The van der Waals surface area contributed by atoms with Crippen LogP contribution in [0.2, 0.25) is 0 Å². The van der Waals surface area contributed by atoms with E-state index in [1.807, 2.05) is 30.3 Å². The van der Waals surface area contributed by atoms with E-state index in [0.717, 1.165) is 12.2 Å². The van der Waals surface area contributed by atoms with E-state index in [1.54, 1.807) is 0 Å². The molecule has 18 heavy (non-hydrogen) atoms. The highest BCUT2D eigenvalue weighted by atomic mass is 35.5. The van der Waals surface area contributed by atoms with Gasteiger partial charge in [0.1, 0.15) is 5.75 Å². The maximum absolute atomic E-state index is 11.2. The number of carbonyl (C=O) groups is 1. The predicted octanol–water partition coefficient (Wildman–Crippen LogP) is 3.58. The molecule has 0 spiro atoms. The molecule has 1 rings (SSSR count). The molecule has 0 aliphatic rings. The van der Waals surface area contributed by atoms with Gasteiger partial charge in [0, 0.05) is 0 Å². The van der Waals surface area contributed by atoms with Crippen LogP contribution in [0, 0.1) is 0 Å². The van der Waals surface area contributed by atoms with Crippen molar-refractivity contribution in [3.63, 3.8) is 0 Å². The highest BCUT2D eigenvalue weighted by molar-refractivity contribution is 6.57. The monoisotopic (exact) mass is 290 g/mol. The van der Waals surface area contributed by atoms with Crippen LogP contribution < -0.4 is 4.74 Å². The Morgan fingerprint density at radius 1 is 1.22 bits per heavy atom. The molecule has 0 atom stereocenters. The molecule has 0 saturated heterocycles. The minimum absolute atomic E-state index is 0.348. The zero-order chi connectivity index (χ0) is 13.4. The van der Waals surface area contributed by atoms with Crippen molar-refractivity contribution in [1.82, 2.24) is 0 Å². The Morgan fingerprint density at radius 2 is 1.89 bits per heavy atom. The molecule has 0 unspecified atom stereocenters. The standard InChI is InChI=1S/C13H16Cl2O3/c1-17-12(16)13(14,15)9-5-6-10-18-11-7-3-2-4-8-11/h2-4,7-8H,5-6,9-10H2,1H3. The Labute approximate surface area is 117 Å². The number of rotatable bonds is 7. The van der Waals surface area contributed by atoms with Crippen LogP contribution in [-0.4, -0.2) is 24.0 Å². The van der Waals surface area contributed by atoms with E-state index >= 15 is 0 Å². The highest BCUT2D eigenvalue weighted by Crippen LogP contribution is 2.28. The summed E-state index contributed by atoms with van der Waals surface area (Å²) in [7, 11) is 1.26. The first kappa shape index (κ1) is 15.1. The van der Waals surface area contributed by atoms with Crippen LogP contribution in [0.5, 0.6) is 5.75 Å². The lowest BCUT2D eigenvalue weighted by Crippen LogP contribution is -2.27. The average molecular weight is 291 g/mol. The number of unbranched alkanes of at least 4 members (excludes halogenated alkanes) is 1. The maximum Gasteiger partial charge on any atom is 0.342 e. The lowest BCUT2D eigenvalue weighted by Gasteiger charge is -2.16. The number of hydrogen-bond acceptors (Lipinski definition) is 3. The minimum atomic E-state index is -1.46. The molecule has 0 aliphatic heterocycles. The molecular weight excluding hydrogens is 275 g/mol. The van der Waals surface area contributed by atoms with Crippen LogP contribution in [-0.2, 0) is 9.53 Å². The second kappa shape index (κ2) is 7.49. The fourth-order valence-electron chi connectivity index (χ4n) is 1.41. The summed E-state index contributed by atoms with van der Waals surface area (Å²) in [6, 6.07) is 9.53. The van der Waals surface area contributed by atoms with Gasteiger partial charge in [-0.05, 0) is 31.4 Å². The minimum Gasteiger partial charge on any atom is -0.494 e. The molecule has 0 saturated carbocycles. The van der Waals surface area contributed by atoms with Crippen LogP contribution in [0.15, 0.2) is 30.3 Å². The van der Waals surface area contributed by atoms with E-state index in [1.165, 1.54) is 7.11 Å². The fraction of sp³-hybridized carbons (Fsp3) is 0.462. The lowest BCUT2D eigenvalue weighted by atomic mass is 10.2. The molecule has 1 aromatic carbocycles. The van der Waals surface area contributed by atoms with Crippen LogP contribution in [0.25, 0.3) is 0 Å². The molecule has 0 bridgehead atoms. The Kier molecular flexibility index (Phi) is 6.30. The van der Waals surface area contributed by atoms with Crippen LogP contribution in [0.3, 0.4) is 0 Å². The molecule has 5 heteroatoms. The molecule has 0 amide bonds. The summed E-state index contributed by atoms with van der Waals surface area (Å²) < 4.78 is 8.56. The fourth-order valence-corrected chi connectivity index (χ4v) is 1.83. The van der Waals surface area contributed by atoms with E-state index in [9.17, 15) is 4.79 Å². The van der Waals surface area contributed by atoms with Gasteiger partial charge in [0.15, 0.2) is 0 Å². The Bertz CT molecular complexity index is 366. The van der Waals surface area contributed by atoms with Crippen molar-refractivity contribution in [2.75, 3.05) is 13.7 Å². The Morgan fingerprint density at radius 3 is 2.50 bits per heavy atom. The van der Waals surface area contributed by atoms with Crippen molar-refractivity contribution >= 4 is 29.2 Å². The topological polar surface area (TPSA) is 35.5 Å². The number of hydrogen-bond donors (Lipinski definition) is 0. The molecule has 0 heterocycles. The van der Waals surface area contributed by atoms with E-state index in [2.05, 4.69) is 4.74 Å². The lowest BCUT2D eigenvalue weighted by molar-refractivity contribution is -0.141. The SMILES string of the molecule is COC(=O)C(Cl)(Cl)CCCCOc1ccccc1. The number of para-hydroxylation sites is 1. The second-order valence-corrected chi connectivity index (χ2v) is 5.30. The quantitative estimate of drug-likeness (QED) is 0.437. The summed E-state index contributed by atoms with van der Waals surface area (Å²) in [5, 5.41) is 0. The van der Waals surface area contributed by atoms with Gasteiger partial charge in [0.2, 0.25) is 4.33 Å². The third kappa shape index (κ3) is 5.15. The third-order valence-electron chi connectivity index (χ3n) is 2.38. The molecule has 100 valence electrons. The molecular formula is C13H16Cl2O3. The summed E-state index contributed by atoms with van der Waals surface area (Å²) in [6.45, 7) is 0.565. The van der Waals surface area contributed by atoms with E-state index in [4.69, 9.17) is 27.9 Å². The van der Waals surface area contributed by atoms with E-state index in [0.29, 0.717) is 19.4 Å². The van der Waals surface area contributed by atoms with Gasteiger partial charge in [-0.2, -0.15) is 0 Å². The zero-order valence-corrected chi connectivity index (χ0v) is 11.7. The number of ether oxygens (including phenoxy) is 2. The van der Waals surface area contributed by atoms with Gasteiger partial charge >= 0.3 is 5.97 Å². The highest BCUT2D eigenvalue weighted by Gasteiger charge is 2.34. The van der Waals surface area contributed by atoms with E-state index in [-0.39, 0.29) is 0 Å². The summed E-state index contributed by atoms with van der Waals surface area (Å²) in [5.74, 6) is 0.211. The molecule has 3 nitrogen and oxygen atoms in total. The van der Waals surface area contributed by atoms with Crippen molar-refractivity contribution < 1.29 is 14.3 Å². The largest absolute Gasteiger partial charge is 0.494 e. The van der Waals surface area contributed by atoms with Crippen molar-refractivity contribution in [1.29, 1.82) is 0 Å². The first-order valence-electron chi connectivity index (χ1n) is 5.70. The normalized spacial score (nSPS) is 11.1. The molecule has 1 aromatic rings. The van der Waals surface area contributed by atoms with Gasteiger partial charge in [-0.15, -0.1) is 0 Å². The van der Waals surface area contributed by atoms with Gasteiger partial charge < -0.3 is 9.47 Å². The van der Waals surface area contributed by atoms with Crippen molar-refractivity contribution in [2.45, 2.75) is 23.6 Å². The molecule has 0 radical (unpaired) electrons. The van der Waals surface area contributed by atoms with Gasteiger partial charge in [-0.3, -0.25) is 0 Å². The zero-order valence-electron chi connectivity index (χ0n) is 10.2. The van der Waals surface area contributed by atoms with Crippen LogP contribution >= 0.6 is 23.2 Å². The molecule has 0 aromatic heterocycles. The van der Waals surface area contributed by atoms with Gasteiger partial charge in [-0.25, -0.2) is 4.79 Å². The smallest absolute Gasteiger partial charge is 0.342 e. The first-order chi connectivity index (χ1) is 8.56. The first-order valence-corrected chi connectivity index (χ1v) is 6.46. The number of carbonyl (C=O) groups excluding carboxylic acids is 1. The van der Waals surface area contributed by atoms with E-state index < -0.39 is 10.3 Å². The second-order valence-electron chi connectivity index (χ2n) is 3.81. The number of methoxy groups -OCH3 is 1. The van der Waals surface area contributed by atoms with Crippen LogP contribution in [0.4, 0.5) is 0 Å². The van der Waals surface area contributed by atoms with Crippen molar-refractivity contribution in [3.05, 3.63) is 30.3 Å². The van der Waals surface area contributed by atoms with Gasteiger partial charge in [0.05, 0.1) is 13.7 Å². The Hall–Kier alpha value is -0.930. The number of esters is 1. The summed E-state index contributed by atoms with van der Waals surface area (Å²) in [5.41, 5.74) is 0. The Balaban J connectivity index is 2.17. The summed E-state index contributed by atoms with van der Waals surface area (Å²) in [4.78, 5) is 11.2. The average Bonchev–Trinajstić information content (AvgIpc) is 2.38. The maximum atomic E-state index is 11.2. The predicted molar refractivity (Wildman–Crippen MR) is 72.2 cm³/mol. The third-order valence-corrected chi connectivity index (χ3v) is 3.07. The molecule has 0 aliphatic carbocycles. The molecule has 0 fully saturated rings. The number of alkyl halides is 2. The number of halogens is 2. The van der Waals surface area contributed by atoms with Crippen molar-refractivity contribution in [2.24, 2.45) is 0 Å². The van der Waals surface area contributed by atoms with Crippen LogP contribution in [0.1, 0.15) is 19.3 Å². The summed E-state index contributed by atoms with van der Waals surface area (Å²) in [6.07, 6.45) is 1.81. The molecule has 0 N–H and O–H groups in total. The van der Waals surface area contributed by atoms with Gasteiger partial charge in [0.25, 0.3) is 0 Å². The van der Waals surface area contributed by atoms with Crippen molar-refractivity contribution in [3.8, 4) is 5.75 Å². The number of benzene rings is 1.